The highest BCUT2D eigenvalue weighted by atomic mass is 16.4. The molecule has 3 amide bonds. The number of nitrogens with one attached hydrogen (secondary N) is 2. The van der Waals surface area contributed by atoms with E-state index in [0.29, 0.717) is 12.5 Å². The molecule has 1 saturated carbocycles. The molecule has 7 heteroatoms. The summed E-state index contributed by atoms with van der Waals surface area (Å²) in [5.74, 6) is -0.734. The van der Waals surface area contributed by atoms with Gasteiger partial charge in [-0.25, -0.2) is 9.59 Å². The van der Waals surface area contributed by atoms with Crippen molar-refractivity contribution >= 4 is 17.9 Å². The Hall–Kier alpha value is -1.79. The van der Waals surface area contributed by atoms with E-state index in [1.807, 2.05) is 0 Å². The second-order valence-electron chi connectivity index (χ2n) is 4.75. The van der Waals surface area contributed by atoms with Gasteiger partial charge in [0.05, 0.1) is 0 Å². The van der Waals surface area contributed by atoms with Crippen LogP contribution in [0.1, 0.15) is 19.3 Å². The molecule has 7 nitrogen and oxygen atoms in total. The van der Waals surface area contributed by atoms with Crippen LogP contribution in [0.25, 0.3) is 0 Å². The van der Waals surface area contributed by atoms with Crippen LogP contribution in [-0.2, 0) is 9.59 Å². The first kappa shape index (κ1) is 12.7. The molecule has 0 aromatic rings. The molecule has 18 heavy (non-hydrogen) atoms. The van der Waals surface area contributed by atoms with E-state index in [2.05, 4.69) is 10.6 Å². The number of carbonyl (C=O) groups excluding carboxylic acids is 2. The molecule has 2 fully saturated rings. The van der Waals surface area contributed by atoms with Crippen molar-refractivity contribution in [3.8, 4) is 0 Å². The van der Waals surface area contributed by atoms with Gasteiger partial charge in [-0.2, -0.15) is 0 Å². The molecule has 1 unspecified atom stereocenters. The van der Waals surface area contributed by atoms with Gasteiger partial charge in [-0.05, 0) is 12.3 Å². The Labute approximate surface area is 105 Å². The molecular formula is C11H17N3O4. The second-order valence-corrected chi connectivity index (χ2v) is 4.75. The maximum Gasteiger partial charge on any atom is 0.328 e. The quantitative estimate of drug-likeness (QED) is 0.623. The highest BCUT2D eigenvalue weighted by molar-refractivity contribution is 5.90. The van der Waals surface area contributed by atoms with Crippen LogP contribution in [-0.4, -0.2) is 53.6 Å². The number of carboxylic acid groups (broad SMARTS) is 1. The lowest BCUT2D eigenvalue weighted by Crippen LogP contribution is -2.61. The van der Waals surface area contributed by atoms with E-state index in [1.54, 1.807) is 0 Å². The third kappa shape index (κ3) is 3.12. The maximum atomic E-state index is 11.8. The monoisotopic (exact) mass is 255 g/mol. The van der Waals surface area contributed by atoms with E-state index >= 15 is 0 Å². The van der Waals surface area contributed by atoms with Crippen molar-refractivity contribution in [2.75, 3.05) is 19.6 Å². The van der Waals surface area contributed by atoms with E-state index in [1.165, 1.54) is 12.8 Å². The minimum absolute atomic E-state index is 0.0375. The van der Waals surface area contributed by atoms with Gasteiger partial charge in [0, 0.05) is 13.1 Å². The predicted molar refractivity (Wildman–Crippen MR) is 61.9 cm³/mol. The molecule has 1 saturated heterocycles. The molecule has 0 aromatic heterocycles. The summed E-state index contributed by atoms with van der Waals surface area (Å²) < 4.78 is 0. The molecule has 1 aliphatic heterocycles. The lowest BCUT2D eigenvalue weighted by atomic mass is 10.2. The third-order valence-electron chi connectivity index (χ3n) is 3.25. The molecular weight excluding hydrogens is 238 g/mol. The van der Waals surface area contributed by atoms with E-state index < -0.39 is 18.0 Å². The zero-order valence-corrected chi connectivity index (χ0v) is 10.0. The zero-order chi connectivity index (χ0) is 13.1. The van der Waals surface area contributed by atoms with Crippen molar-refractivity contribution in [1.82, 2.24) is 15.5 Å². The number of aliphatic carboxylic acids is 1. The summed E-state index contributed by atoms with van der Waals surface area (Å²) in [6.07, 6.45) is 3.34. The van der Waals surface area contributed by atoms with E-state index in [4.69, 9.17) is 5.11 Å². The minimum Gasteiger partial charge on any atom is -0.480 e. The Kier molecular flexibility index (Phi) is 3.69. The van der Waals surface area contributed by atoms with Gasteiger partial charge in [0.2, 0.25) is 5.91 Å². The summed E-state index contributed by atoms with van der Waals surface area (Å²) in [5.41, 5.74) is 0. The third-order valence-corrected chi connectivity index (χ3v) is 3.25. The number of rotatable bonds is 4. The number of urea groups is 1. The van der Waals surface area contributed by atoms with Crippen LogP contribution >= 0.6 is 0 Å². The zero-order valence-electron chi connectivity index (χ0n) is 10.0. The van der Waals surface area contributed by atoms with Crippen molar-refractivity contribution in [2.45, 2.75) is 25.3 Å². The Morgan fingerprint density at radius 2 is 2.17 bits per heavy atom. The van der Waals surface area contributed by atoms with E-state index in [9.17, 15) is 14.4 Å². The van der Waals surface area contributed by atoms with Gasteiger partial charge in [0.25, 0.3) is 0 Å². The smallest absolute Gasteiger partial charge is 0.328 e. The fourth-order valence-corrected chi connectivity index (χ4v) is 1.97. The topological polar surface area (TPSA) is 98.7 Å². The number of hydrogen-bond acceptors (Lipinski definition) is 3. The lowest BCUT2D eigenvalue weighted by Gasteiger charge is -2.32. The number of carbonyl (C=O) groups is 3. The van der Waals surface area contributed by atoms with Crippen molar-refractivity contribution < 1.29 is 19.5 Å². The van der Waals surface area contributed by atoms with E-state index in [-0.39, 0.29) is 19.0 Å². The Balaban J connectivity index is 1.86. The van der Waals surface area contributed by atoms with Gasteiger partial charge in [0.15, 0.2) is 0 Å². The molecule has 0 aromatic carbocycles. The summed E-state index contributed by atoms with van der Waals surface area (Å²) in [4.78, 5) is 35.1. The van der Waals surface area contributed by atoms with Gasteiger partial charge in [-0.15, -0.1) is 0 Å². The normalized spacial score (nSPS) is 23.4. The fourth-order valence-electron chi connectivity index (χ4n) is 1.97. The molecule has 0 spiro atoms. The largest absolute Gasteiger partial charge is 0.480 e. The molecule has 100 valence electrons. The van der Waals surface area contributed by atoms with Crippen LogP contribution in [0.3, 0.4) is 0 Å². The molecule has 3 N–H and O–H groups in total. The standard InChI is InChI=1S/C11H17N3O4/c15-9-6-14(8(5-13-9)10(16)17)11(18)12-4-3-7-1-2-7/h7-8H,1-6H2,(H,12,18)(H,13,15)(H,16,17). The van der Waals surface area contributed by atoms with Crippen molar-refractivity contribution in [2.24, 2.45) is 5.92 Å². The predicted octanol–water partition coefficient (Wildman–Crippen LogP) is -0.619. The summed E-state index contributed by atoms with van der Waals surface area (Å²) in [6.45, 7) is 0.296. The summed E-state index contributed by atoms with van der Waals surface area (Å²) >= 11 is 0. The molecule has 0 bridgehead atoms. The van der Waals surface area contributed by atoms with Gasteiger partial charge in [-0.3, -0.25) is 9.69 Å². The molecule has 1 atom stereocenters. The number of carboxylic acids is 1. The van der Waals surface area contributed by atoms with E-state index in [0.717, 1.165) is 11.3 Å². The lowest BCUT2D eigenvalue weighted by molar-refractivity contribution is -0.144. The summed E-state index contributed by atoms with van der Waals surface area (Å²) in [7, 11) is 0. The first-order valence-electron chi connectivity index (χ1n) is 6.12. The first-order valence-corrected chi connectivity index (χ1v) is 6.12. The SMILES string of the molecule is O=C1CN(C(=O)NCCC2CC2)C(C(=O)O)CN1. The minimum atomic E-state index is -1.10. The second kappa shape index (κ2) is 5.24. The van der Waals surface area contributed by atoms with Crippen molar-refractivity contribution in [1.29, 1.82) is 0 Å². The first-order chi connectivity index (χ1) is 8.58. The van der Waals surface area contributed by atoms with Crippen LogP contribution in [0.5, 0.6) is 0 Å². The fraction of sp³-hybridized carbons (Fsp3) is 0.727. The number of hydrogen-bond donors (Lipinski definition) is 3. The van der Waals surface area contributed by atoms with Gasteiger partial charge in [-0.1, -0.05) is 12.8 Å². The average molecular weight is 255 g/mol. The van der Waals surface area contributed by atoms with Gasteiger partial charge in [0.1, 0.15) is 12.6 Å². The molecule has 2 aliphatic rings. The Morgan fingerprint density at radius 1 is 1.44 bits per heavy atom. The van der Waals surface area contributed by atoms with Crippen LogP contribution in [0.4, 0.5) is 4.79 Å². The number of piperazine rings is 1. The summed E-state index contributed by atoms with van der Waals surface area (Å²) in [5, 5.41) is 14.1. The molecule has 1 heterocycles. The average Bonchev–Trinajstić information content (AvgIpc) is 3.12. The van der Waals surface area contributed by atoms with Crippen LogP contribution in [0.2, 0.25) is 0 Å². The summed E-state index contributed by atoms with van der Waals surface area (Å²) in [6, 6.07) is -1.46. The number of nitrogens with zero attached hydrogens (tertiary/aromatic N) is 1. The Morgan fingerprint density at radius 3 is 2.78 bits per heavy atom. The molecule has 1 aliphatic carbocycles. The highest BCUT2D eigenvalue weighted by Crippen LogP contribution is 2.31. The van der Waals surface area contributed by atoms with Crippen molar-refractivity contribution in [3.63, 3.8) is 0 Å². The number of amides is 3. The van der Waals surface area contributed by atoms with Crippen LogP contribution in [0.15, 0.2) is 0 Å². The highest BCUT2D eigenvalue weighted by Gasteiger charge is 2.35. The maximum absolute atomic E-state index is 11.8. The van der Waals surface area contributed by atoms with Crippen LogP contribution in [0, 0.1) is 5.92 Å². The van der Waals surface area contributed by atoms with Crippen molar-refractivity contribution in [3.05, 3.63) is 0 Å². The molecule has 0 radical (unpaired) electrons. The van der Waals surface area contributed by atoms with Crippen LogP contribution < -0.4 is 10.6 Å². The van der Waals surface area contributed by atoms with Gasteiger partial charge < -0.3 is 15.7 Å². The molecule has 2 rings (SSSR count). The Bertz CT molecular complexity index is 367. The van der Waals surface area contributed by atoms with Gasteiger partial charge >= 0.3 is 12.0 Å².